The van der Waals surface area contributed by atoms with Crippen LogP contribution in [0.3, 0.4) is 0 Å². The van der Waals surface area contributed by atoms with Gasteiger partial charge >= 0.3 is 0 Å². The zero-order chi connectivity index (χ0) is 25.2. The Morgan fingerprint density at radius 2 is 2.06 bits per heavy atom. The lowest BCUT2D eigenvalue weighted by molar-refractivity contribution is 0.306. The molecule has 5 aromatic rings. The van der Waals surface area contributed by atoms with Gasteiger partial charge in [0.25, 0.3) is 5.56 Å². The zero-order valence-corrected chi connectivity index (χ0v) is 20.4. The van der Waals surface area contributed by atoms with Crippen LogP contribution >= 0.6 is 11.6 Å². The summed E-state index contributed by atoms with van der Waals surface area (Å²) in [4.78, 5) is 21.8. The van der Waals surface area contributed by atoms with Crippen molar-refractivity contribution in [2.24, 2.45) is 0 Å². The van der Waals surface area contributed by atoms with Gasteiger partial charge in [-0.1, -0.05) is 23.7 Å². The van der Waals surface area contributed by atoms with E-state index in [4.69, 9.17) is 21.3 Å². The number of benzene rings is 1. The summed E-state index contributed by atoms with van der Waals surface area (Å²) in [6.45, 7) is 4.34. The van der Waals surface area contributed by atoms with Gasteiger partial charge in [0.15, 0.2) is 0 Å². The van der Waals surface area contributed by atoms with Crippen LogP contribution in [0.1, 0.15) is 28.1 Å². The normalized spacial score (nSPS) is 10.9. The number of pyridine rings is 3. The number of para-hydroxylation sites is 1. The highest BCUT2D eigenvalue weighted by Crippen LogP contribution is 2.35. The number of ether oxygens (including phenoxy) is 1. The zero-order valence-electron chi connectivity index (χ0n) is 19.6. The molecule has 0 amide bonds. The molecule has 0 fully saturated rings. The predicted molar refractivity (Wildman–Crippen MR) is 137 cm³/mol. The number of nitrogens with one attached hydrogen (secondary N) is 1. The van der Waals surface area contributed by atoms with Crippen molar-refractivity contribution in [1.82, 2.24) is 24.7 Å². The van der Waals surface area contributed by atoms with E-state index in [1.165, 1.54) is 10.6 Å². The summed E-state index contributed by atoms with van der Waals surface area (Å²) in [6.07, 6.45) is 5.00. The fourth-order valence-corrected chi connectivity index (χ4v) is 4.36. The van der Waals surface area contributed by atoms with Crippen LogP contribution in [0.15, 0.2) is 65.8 Å². The molecule has 0 bridgehead atoms. The van der Waals surface area contributed by atoms with Crippen molar-refractivity contribution in [2.45, 2.75) is 27.0 Å². The summed E-state index contributed by atoms with van der Waals surface area (Å²) in [5, 5.41) is 17.7. The molecule has 1 N–H and O–H groups in total. The summed E-state index contributed by atoms with van der Waals surface area (Å²) in [5.74, 6) is 0.613. The van der Waals surface area contributed by atoms with E-state index in [0.717, 1.165) is 27.8 Å². The molecule has 9 heteroatoms. The number of rotatable bonds is 6. The maximum Gasteiger partial charge on any atom is 0.268 e. The average Bonchev–Trinajstić information content (AvgIpc) is 3.30. The Hall–Kier alpha value is -4.48. The molecule has 0 aliphatic rings. The van der Waals surface area contributed by atoms with Gasteiger partial charge in [0, 0.05) is 40.8 Å². The molecular weight excluding hydrogens is 476 g/mol. The summed E-state index contributed by atoms with van der Waals surface area (Å²) >= 11 is 6.35. The van der Waals surface area contributed by atoms with Crippen LogP contribution in [0.5, 0.6) is 5.75 Å². The Morgan fingerprint density at radius 3 is 2.83 bits per heavy atom. The van der Waals surface area contributed by atoms with Crippen LogP contribution in [0, 0.1) is 25.2 Å². The second kappa shape index (κ2) is 9.64. The lowest BCUT2D eigenvalue weighted by Gasteiger charge is -2.16. The molecule has 0 saturated heterocycles. The fraction of sp³-hybridized carbons (Fsp3) is 0.148. The number of aryl methyl sites for hydroxylation is 2. The number of nitrogens with zero attached hydrogens (tertiary/aromatic N) is 5. The minimum absolute atomic E-state index is 0.0907. The molecule has 1 aromatic carbocycles. The van der Waals surface area contributed by atoms with Gasteiger partial charge in [0.2, 0.25) is 0 Å². The molecule has 8 nitrogen and oxygen atoms in total. The third-order valence-electron chi connectivity index (χ3n) is 5.99. The Morgan fingerprint density at radius 1 is 1.19 bits per heavy atom. The summed E-state index contributed by atoms with van der Waals surface area (Å²) in [6, 6.07) is 14.7. The highest BCUT2D eigenvalue weighted by Gasteiger charge is 2.16. The summed E-state index contributed by atoms with van der Waals surface area (Å²) < 4.78 is 7.77. The second-order valence-corrected chi connectivity index (χ2v) is 8.76. The highest BCUT2D eigenvalue weighted by molar-refractivity contribution is 6.33. The van der Waals surface area contributed by atoms with Crippen molar-refractivity contribution in [3.05, 3.63) is 105 Å². The third-order valence-corrected chi connectivity index (χ3v) is 6.28. The van der Waals surface area contributed by atoms with E-state index < -0.39 is 0 Å². The van der Waals surface area contributed by atoms with Crippen molar-refractivity contribution in [2.75, 3.05) is 0 Å². The smallest absolute Gasteiger partial charge is 0.268 e. The molecule has 0 aliphatic heterocycles. The van der Waals surface area contributed by atoms with Crippen molar-refractivity contribution < 1.29 is 4.74 Å². The van der Waals surface area contributed by atoms with Crippen molar-refractivity contribution in [1.29, 1.82) is 5.26 Å². The topological polar surface area (TPSA) is 109 Å². The number of hydrogen-bond donors (Lipinski definition) is 1. The van der Waals surface area contributed by atoms with Crippen LogP contribution in [0.25, 0.3) is 22.2 Å². The van der Waals surface area contributed by atoms with Gasteiger partial charge in [0.05, 0.1) is 17.3 Å². The minimum Gasteiger partial charge on any atom is -0.487 e. The standard InChI is InChI=1S/C27H21ClN6O2/c1-16-8-9-30-23(14-34-10-4-5-18(12-29)27(34)35)21(16)15-36-24-7-3-6-19-20(11-17(2)32-26(19)24)25-22(28)13-31-33-25/h3-11,13H,14-15H2,1-2H3,(H,31,33). The summed E-state index contributed by atoms with van der Waals surface area (Å²) in [7, 11) is 0. The van der Waals surface area contributed by atoms with Crippen LogP contribution < -0.4 is 10.3 Å². The first-order chi connectivity index (χ1) is 17.5. The third kappa shape index (κ3) is 4.32. The van der Waals surface area contributed by atoms with Gasteiger partial charge in [0.1, 0.15) is 35.2 Å². The monoisotopic (exact) mass is 496 g/mol. The highest BCUT2D eigenvalue weighted by atomic mass is 35.5. The number of fused-ring (bicyclic) bond motifs is 1. The number of aromatic nitrogens is 5. The molecule has 0 saturated carbocycles. The van der Waals surface area contributed by atoms with Gasteiger partial charge in [-0.2, -0.15) is 10.4 Å². The van der Waals surface area contributed by atoms with E-state index in [0.29, 0.717) is 27.7 Å². The van der Waals surface area contributed by atoms with Gasteiger partial charge in [-0.3, -0.25) is 14.9 Å². The minimum atomic E-state index is -0.353. The van der Waals surface area contributed by atoms with Crippen molar-refractivity contribution in [3.63, 3.8) is 0 Å². The Labute approximate surface area is 211 Å². The molecule has 4 heterocycles. The SMILES string of the molecule is Cc1cc(-c2n[nH]cc2Cl)c2cccc(OCc3c(C)ccnc3Cn3cccc(C#N)c3=O)c2n1. The number of nitriles is 1. The quantitative estimate of drug-likeness (QED) is 0.356. The van der Waals surface area contributed by atoms with Gasteiger partial charge < -0.3 is 9.30 Å². The Kier molecular flexibility index (Phi) is 6.23. The molecule has 36 heavy (non-hydrogen) atoms. The molecule has 0 aliphatic carbocycles. The molecule has 0 radical (unpaired) electrons. The van der Waals surface area contributed by atoms with Crippen LogP contribution in [-0.4, -0.2) is 24.7 Å². The second-order valence-electron chi connectivity index (χ2n) is 8.35. The maximum atomic E-state index is 12.6. The maximum absolute atomic E-state index is 12.6. The molecule has 178 valence electrons. The molecule has 4 aromatic heterocycles. The average molecular weight is 497 g/mol. The van der Waals surface area contributed by atoms with Crippen LogP contribution in [0.2, 0.25) is 5.02 Å². The van der Waals surface area contributed by atoms with E-state index in [1.54, 1.807) is 24.7 Å². The molecular formula is C27H21ClN6O2. The van der Waals surface area contributed by atoms with Crippen molar-refractivity contribution in [3.8, 4) is 23.1 Å². The van der Waals surface area contributed by atoms with Crippen LogP contribution in [-0.2, 0) is 13.2 Å². The molecule has 0 unspecified atom stereocenters. The number of aromatic amines is 1. The van der Waals surface area contributed by atoms with E-state index in [1.807, 2.05) is 50.2 Å². The Bertz CT molecular complexity index is 1700. The number of halogens is 1. The van der Waals surface area contributed by atoms with Gasteiger partial charge in [-0.05, 0) is 49.7 Å². The number of hydrogen-bond acceptors (Lipinski definition) is 6. The number of H-pyrrole nitrogens is 1. The largest absolute Gasteiger partial charge is 0.487 e. The van der Waals surface area contributed by atoms with Crippen molar-refractivity contribution >= 4 is 22.5 Å². The van der Waals surface area contributed by atoms with E-state index in [-0.39, 0.29) is 24.3 Å². The Balaban J connectivity index is 1.51. The lowest BCUT2D eigenvalue weighted by Crippen LogP contribution is -2.23. The first kappa shape index (κ1) is 23.3. The van der Waals surface area contributed by atoms with E-state index in [2.05, 4.69) is 15.2 Å². The van der Waals surface area contributed by atoms with E-state index in [9.17, 15) is 10.1 Å². The first-order valence-electron chi connectivity index (χ1n) is 11.2. The molecule has 0 atom stereocenters. The van der Waals surface area contributed by atoms with Gasteiger partial charge in [-0.15, -0.1) is 0 Å². The molecule has 5 rings (SSSR count). The van der Waals surface area contributed by atoms with E-state index >= 15 is 0 Å². The fourth-order valence-electron chi connectivity index (χ4n) is 4.16. The summed E-state index contributed by atoms with van der Waals surface area (Å²) in [5.41, 5.74) is 5.31. The lowest BCUT2D eigenvalue weighted by atomic mass is 10.0. The predicted octanol–water partition coefficient (Wildman–Crippen LogP) is 4.95. The first-order valence-corrected chi connectivity index (χ1v) is 11.6. The van der Waals surface area contributed by atoms with Crippen LogP contribution in [0.4, 0.5) is 0 Å². The van der Waals surface area contributed by atoms with Gasteiger partial charge in [-0.25, -0.2) is 4.98 Å². The molecule has 0 spiro atoms.